The molecule has 150 valence electrons. The molecule has 1 fully saturated rings. The summed E-state index contributed by atoms with van der Waals surface area (Å²) in [4.78, 5) is 24.8. The molecule has 0 saturated heterocycles. The molecule has 0 unspecified atom stereocenters. The van der Waals surface area contributed by atoms with E-state index < -0.39 is 23.4 Å². The maximum atomic E-state index is 13.6. The second kappa shape index (κ2) is 7.20. The van der Waals surface area contributed by atoms with Crippen LogP contribution in [0, 0.1) is 29.9 Å². The number of rotatable bonds is 5. The number of nitrogens with zero attached hydrogens (tertiary/aromatic N) is 4. The van der Waals surface area contributed by atoms with Gasteiger partial charge in [0.1, 0.15) is 11.7 Å². The van der Waals surface area contributed by atoms with Gasteiger partial charge in [0.25, 0.3) is 0 Å². The van der Waals surface area contributed by atoms with E-state index >= 15 is 0 Å². The minimum Gasteiger partial charge on any atom is -0.503 e. The van der Waals surface area contributed by atoms with Gasteiger partial charge in [-0.1, -0.05) is 5.92 Å². The van der Waals surface area contributed by atoms with E-state index in [1.807, 2.05) is 4.90 Å². The normalized spacial score (nSPS) is 18.4. The molecule has 1 atom stereocenters. The number of aromatic hydroxyl groups is 1. The molecular formula is C20H19F2N5O2. The first-order chi connectivity index (χ1) is 13.9. The van der Waals surface area contributed by atoms with Crippen molar-refractivity contribution >= 4 is 29.0 Å². The van der Waals surface area contributed by atoms with Gasteiger partial charge in [0.2, 0.25) is 11.9 Å². The molecule has 29 heavy (non-hydrogen) atoms. The molecule has 0 spiro atoms. The van der Waals surface area contributed by atoms with Gasteiger partial charge in [-0.3, -0.25) is 9.69 Å². The van der Waals surface area contributed by atoms with Crippen molar-refractivity contribution in [3.8, 4) is 18.1 Å². The van der Waals surface area contributed by atoms with Crippen LogP contribution in [0.2, 0.25) is 0 Å². The number of benzene rings is 1. The highest BCUT2D eigenvalue weighted by Crippen LogP contribution is 2.39. The average Bonchev–Trinajstić information content (AvgIpc) is 3.51. The molecule has 1 aliphatic heterocycles. The number of phenolic OH excluding ortho intramolecular Hbond substituents is 1. The summed E-state index contributed by atoms with van der Waals surface area (Å²) in [7, 11) is 0. The van der Waals surface area contributed by atoms with Crippen molar-refractivity contribution in [3.05, 3.63) is 30.0 Å². The highest BCUT2D eigenvalue weighted by molar-refractivity contribution is 6.04. The molecule has 4 rings (SSSR count). The van der Waals surface area contributed by atoms with E-state index in [1.54, 1.807) is 6.92 Å². The van der Waals surface area contributed by atoms with Crippen LogP contribution in [0.3, 0.4) is 0 Å². The molecule has 0 bridgehead atoms. The van der Waals surface area contributed by atoms with Gasteiger partial charge in [-0.15, -0.1) is 6.42 Å². The second-order valence-corrected chi connectivity index (χ2v) is 7.22. The van der Waals surface area contributed by atoms with Crippen molar-refractivity contribution in [3.63, 3.8) is 0 Å². The number of terminal acetylenes is 1. The topological polar surface area (TPSA) is 81.6 Å². The number of halogens is 2. The number of anilines is 4. The molecule has 2 aliphatic rings. The Labute approximate surface area is 166 Å². The zero-order valence-electron chi connectivity index (χ0n) is 15.7. The number of phenols is 1. The van der Waals surface area contributed by atoms with E-state index in [2.05, 4.69) is 21.2 Å². The first-order valence-corrected chi connectivity index (χ1v) is 9.22. The van der Waals surface area contributed by atoms with Gasteiger partial charge in [-0.2, -0.15) is 4.98 Å². The summed E-state index contributed by atoms with van der Waals surface area (Å²) < 4.78 is 27.2. The third kappa shape index (κ3) is 3.53. The minimum atomic E-state index is -1.10. The summed E-state index contributed by atoms with van der Waals surface area (Å²) in [6, 6.07) is 1.45. The predicted molar refractivity (Wildman–Crippen MR) is 104 cm³/mol. The van der Waals surface area contributed by atoms with Crippen LogP contribution in [-0.2, 0) is 4.79 Å². The number of carbonyl (C=O) groups excluding carboxylic acids is 1. The lowest BCUT2D eigenvalue weighted by Gasteiger charge is -2.40. The average molecular weight is 399 g/mol. The Morgan fingerprint density at radius 2 is 2.03 bits per heavy atom. The summed E-state index contributed by atoms with van der Waals surface area (Å²) >= 11 is 0. The fourth-order valence-electron chi connectivity index (χ4n) is 3.33. The first kappa shape index (κ1) is 18.9. The third-order valence-electron chi connectivity index (χ3n) is 5.08. The molecule has 0 radical (unpaired) electrons. The van der Waals surface area contributed by atoms with Gasteiger partial charge in [-0.25, -0.2) is 13.8 Å². The van der Waals surface area contributed by atoms with E-state index in [4.69, 9.17) is 6.42 Å². The van der Waals surface area contributed by atoms with Gasteiger partial charge in [0.15, 0.2) is 23.2 Å². The van der Waals surface area contributed by atoms with Gasteiger partial charge in [0.05, 0.1) is 12.7 Å². The smallest absolute Gasteiger partial charge is 0.250 e. The van der Waals surface area contributed by atoms with Crippen molar-refractivity contribution in [2.24, 2.45) is 5.92 Å². The predicted octanol–water partition coefficient (Wildman–Crippen LogP) is 2.79. The van der Waals surface area contributed by atoms with Crippen molar-refractivity contribution in [2.45, 2.75) is 25.8 Å². The van der Waals surface area contributed by atoms with Crippen molar-refractivity contribution in [1.82, 2.24) is 9.97 Å². The largest absolute Gasteiger partial charge is 0.503 e. The van der Waals surface area contributed by atoms with Crippen LogP contribution in [0.1, 0.15) is 19.8 Å². The molecular weight excluding hydrogens is 380 g/mol. The lowest BCUT2D eigenvalue weighted by atomic mass is 10.1. The summed E-state index contributed by atoms with van der Waals surface area (Å²) in [5, 5.41) is 12.0. The molecule has 2 heterocycles. The summed E-state index contributed by atoms with van der Waals surface area (Å²) in [6.07, 6.45) is 9.09. The number of nitrogens with one attached hydrogen (secondary N) is 1. The van der Waals surface area contributed by atoms with Crippen LogP contribution in [0.5, 0.6) is 5.75 Å². The molecule has 1 aromatic carbocycles. The van der Waals surface area contributed by atoms with Crippen LogP contribution < -0.4 is 15.1 Å². The lowest BCUT2D eigenvalue weighted by molar-refractivity contribution is -0.119. The minimum absolute atomic E-state index is 0.0481. The molecule has 1 aliphatic carbocycles. The van der Waals surface area contributed by atoms with Crippen LogP contribution in [0.4, 0.5) is 31.9 Å². The zero-order chi connectivity index (χ0) is 20.7. The summed E-state index contributed by atoms with van der Waals surface area (Å²) in [6.45, 7) is 2.58. The van der Waals surface area contributed by atoms with E-state index in [9.17, 15) is 18.7 Å². The zero-order valence-corrected chi connectivity index (χ0v) is 15.7. The quantitative estimate of drug-likeness (QED) is 0.595. The standard InChI is InChI=1S/C20H19F2N5O2/c1-3-6-26-16-9-23-20(24-13-7-14(21)17(28)15(22)8-13)25-18(16)27(10-12-4-5-12)11(2)19(26)29/h1,7-9,11-12,28H,4-6,10H2,2H3,(H,23,24,25)/t11-/m1/s1. The fraction of sp³-hybridized carbons (Fsp3) is 0.350. The van der Waals surface area contributed by atoms with E-state index in [-0.39, 0.29) is 24.1 Å². The number of hydrogen-bond acceptors (Lipinski definition) is 6. The van der Waals surface area contributed by atoms with Gasteiger partial charge < -0.3 is 15.3 Å². The van der Waals surface area contributed by atoms with Gasteiger partial charge >= 0.3 is 0 Å². The molecule has 9 heteroatoms. The van der Waals surface area contributed by atoms with E-state index in [0.29, 0.717) is 24.0 Å². The highest BCUT2D eigenvalue weighted by atomic mass is 19.1. The molecule has 1 amide bonds. The van der Waals surface area contributed by atoms with Crippen LogP contribution >= 0.6 is 0 Å². The highest BCUT2D eigenvalue weighted by Gasteiger charge is 2.39. The SMILES string of the molecule is C#CCN1C(=O)[C@@H](C)N(CC2CC2)c2nc(Nc3cc(F)c(O)c(F)c3)ncc21. The Morgan fingerprint density at radius 1 is 1.34 bits per heavy atom. The number of amides is 1. The number of fused-ring (bicyclic) bond motifs is 1. The van der Waals surface area contributed by atoms with Gasteiger partial charge in [-0.05, 0) is 25.7 Å². The van der Waals surface area contributed by atoms with Crippen molar-refractivity contribution in [2.75, 3.05) is 28.2 Å². The molecule has 2 aromatic rings. The fourth-order valence-corrected chi connectivity index (χ4v) is 3.33. The number of aromatic nitrogens is 2. The number of hydrogen-bond donors (Lipinski definition) is 2. The van der Waals surface area contributed by atoms with Gasteiger partial charge in [0, 0.05) is 24.4 Å². The van der Waals surface area contributed by atoms with E-state index in [0.717, 1.165) is 25.0 Å². The Morgan fingerprint density at radius 3 is 2.66 bits per heavy atom. The lowest BCUT2D eigenvalue weighted by Crippen LogP contribution is -2.53. The van der Waals surface area contributed by atoms with Crippen molar-refractivity contribution < 1.29 is 18.7 Å². The maximum absolute atomic E-state index is 13.6. The van der Waals surface area contributed by atoms with Crippen molar-refractivity contribution in [1.29, 1.82) is 0 Å². The molecule has 7 nitrogen and oxygen atoms in total. The Hall–Kier alpha value is -3.41. The Bertz CT molecular complexity index is 995. The monoisotopic (exact) mass is 399 g/mol. The third-order valence-corrected chi connectivity index (χ3v) is 5.08. The number of carbonyl (C=O) groups is 1. The summed E-state index contributed by atoms with van der Waals surface area (Å²) in [5.41, 5.74) is 0.548. The van der Waals surface area contributed by atoms with Crippen LogP contribution in [0.25, 0.3) is 0 Å². The Kier molecular flexibility index (Phi) is 4.70. The maximum Gasteiger partial charge on any atom is 0.250 e. The summed E-state index contributed by atoms with van der Waals surface area (Å²) in [5.74, 6) is 0.265. The second-order valence-electron chi connectivity index (χ2n) is 7.22. The van der Waals surface area contributed by atoms with Crippen LogP contribution in [-0.4, -0.2) is 40.1 Å². The molecule has 1 aromatic heterocycles. The first-order valence-electron chi connectivity index (χ1n) is 9.22. The molecule has 2 N–H and O–H groups in total. The Balaban J connectivity index is 1.71. The van der Waals surface area contributed by atoms with Crippen LogP contribution in [0.15, 0.2) is 18.3 Å². The van der Waals surface area contributed by atoms with E-state index in [1.165, 1.54) is 11.1 Å². The molecule has 1 saturated carbocycles.